The van der Waals surface area contributed by atoms with Gasteiger partial charge >= 0.3 is 0 Å². The molecule has 7 nitrogen and oxygen atoms in total. The minimum atomic E-state index is -0.697. The molecule has 2 aliphatic rings. The van der Waals surface area contributed by atoms with Crippen molar-refractivity contribution in [3.05, 3.63) is 63.0 Å². The van der Waals surface area contributed by atoms with Crippen LogP contribution < -0.4 is 0 Å². The van der Waals surface area contributed by atoms with Crippen LogP contribution in [0.1, 0.15) is 27.9 Å². The number of rotatable bonds is 2. The Bertz CT molecular complexity index is 1220. The second-order valence-corrected chi connectivity index (χ2v) is 8.15. The maximum atomic E-state index is 13.7. The van der Waals surface area contributed by atoms with Gasteiger partial charge in [-0.05, 0) is 31.2 Å². The van der Waals surface area contributed by atoms with E-state index in [4.69, 9.17) is 27.9 Å². The third kappa shape index (κ3) is 3.19. The quantitative estimate of drug-likeness (QED) is 0.537. The highest BCUT2D eigenvalue weighted by Crippen LogP contribution is 2.37. The van der Waals surface area contributed by atoms with Crippen LogP contribution in [0.5, 0.6) is 0 Å². The second kappa shape index (κ2) is 7.51. The molecule has 31 heavy (non-hydrogen) atoms. The van der Waals surface area contributed by atoms with E-state index in [1.54, 1.807) is 17.9 Å². The second-order valence-electron chi connectivity index (χ2n) is 7.40. The lowest BCUT2D eigenvalue weighted by atomic mass is 10.0. The lowest BCUT2D eigenvalue weighted by Gasteiger charge is -2.45. The predicted molar refractivity (Wildman–Crippen MR) is 108 cm³/mol. The van der Waals surface area contributed by atoms with Crippen LogP contribution in [-0.2, 0) is 11.3 Å². The Balaban J connectivity index is 1.55. The molecule has 1 fully saturated rings. The molecule has 2 aliphatic heterocycles. The standard InChI is InChI=1S/C20H15Cl2F2N5O2/c1-9-12(23)4-5-14(25-9)18-26-27-19-15-8-31-7-10(6-28(18)19)29(15)20(30)11-2-3-13(24)17(22)16(11)21/h2-5,10,15H,6-8H2,1H3/t10-,15-/m1/s1. The van der Waals surface area contributed by atoms with Crippen molar-refractivity contribution in [1.29, 1.82) is 0 Å². The number of nitrogens with zero attached hydrogens (tertiary/aromatic N) is 5. The number of ether oxygens (including phenoxy) is 1. The predicted octanol–water partition coefficient (Wildman–Crippen LogP) is 3.83. The highest BCUT2D eigenvalue weighted by Gasteiger charge is 2.44. The van der Waals surface area contributed by atoms with Gasteiger partial charge < -0.3 is 14.2 Å². The van der Waals surface area contributed by atoms with Crippen LogP contribution in [0.2, 0.25) is 10.0 Å². The van der Waals surface area contributed by atoms with Crippen LogP contribution in [0.3, 0.4) is 0 Å². The number of aromatic nitrogens is 4. The highest BCUT2D eigenvalue weighted by molar-refractivity contribution is 6.44. The maximum absolute atomic E-state index is 13.7. The molecule has 1 amide bonds. The smallest absolute Gasteiger partial charge is 0.256 e. The minimum Gasteiger partial charge on any atom is -0.377 e. The van der Waals surface area contributed by atoms with Gasteiger partial charge in [-0.25, -0.2) is 13.8 Å². The average Bonchev–Trinajstić information content (AvgIpc) is 3.17. The lowest BCUT2D eigenvalue weighted by molar-refractivity contribution is -0.0569. The number of pyridine rings is 1. The zero-order valence-corrected chi connectivity index (χ0v) is 17.7. The molecule has 0 radical (unpaired) electrons. The molecular formula is C20H15Cl2F2N5O2. The molecule has 0 saturated carbocycles. The van der Waals surface area contributed by atoms with Crippen molar-refractivity contribution in [2.45, 2.75) is 25.6 Å². The van der Waals surface area contributed by atoms with Crippen molar-refractivity contribution in [3.8, 4) is 11.5 Å². The summed E-state index contributed by atoms with van der Waals surface area (Å²) >= 11 is 12.1. The number of morpholine rings is 1. The van der Waals surface area contributed by atoms with E-state index in [1.165, 1.54) is 12.1 Å². The summed E-state index contributed by atoms with van der Waals surface area (Å²) in [6, 6.07) is 4.45. The topological polar surface area (TPSA) is 73.1 Å². The van der Waals surface area contributed by atoms with E-state index in [0.29, 0.717) is 30.5 Å². The van der Waals surface area contributed by atoms with Crippen molar-refractivity contribution < 1.29 is 18.3 Å². The van der Waals surface area contributed by atoms with Crippen LogP contribution in [0.4, 0.5) is 8.78 Å². The SMILES string of the molecule is Cc1nc(-c2nnc3n2C[C@@H]2COC[C@H]3N2C(=O)c2ccc(F)c(Cl)c2Cl)ccc1F. The number of carbonyl (C=O) groups is 1. The third-order valence-corrected chi connectivity index (χ3v) is 6.40. The first-order chi connectivity index (χ1) is 14.9. The Hall–Kier alpha value is -2.62. The monoisotopic (exact) mass is 465 g/mol. The van der Waals surface area contributed by atoms with Gasteiger partial charge in [0.05, 0.1) is 40.6 Å². The number of amides is 1. The third-order valence-electron chi connectivity index (χ3n) is 5.54. The fourth-order valence-electron chi connectivity index (χ4n) is 4.02. The summed E-state index contributed by atoms with van der Waals surface area (Å²) in [5, 5.41) is 8.09. The number of aryl methyl sites for hydroxylation is 1. The van der Waals surface area contributed by atoms with Gasteiger partial charge in [0, 0.05) is 6.54 Å². The van der Waals surface area contributed by atoms with Crippen LogP contribution in [0.25, 0.3) is 11.5 Å². The summed E-state index contributed by atoms with van der Waals surface area (Å²) < 4.78 is 34.9. The van der Waals surface area contributed by atoms with Crippen LogP contribution >= 0.6 is 23.2 Å². The fraction of sp³-hybridized carbons (Fsp3) is 0.300. The molecule has 160 valence electrons. The summed E-state index contributed by atoms with van der Waals surface area (Å²) in [5.74, 6) is -0.481. The lowest BCUT2D eigenvalue weighted by Crippen LogP contribution is -2.56. The normalized spacial score (nSPS) is 20.0. The molecule has 1 saturated heterocycles. The number of benzene rings is 1. The van der Waals surface area contributed by atoms with Gasteiger partial charge in [0.2, 0.25) is 0 Å². The maximum Gasteiger partial charge on any atom is 0.256 e. The van der Waals surface area contributed by atoms with Gasteiger partial charge in [-0.3, -0.25) is 4.79 Å². The highest BCUT2D eigenvalue weighted by atomic mass is 35.5. The molecule has 0 unspecified atom stereocenters. The molecule has 11 heteroatoms. The minimum absolute atomic E-state index is 0.106. The average molecular weight is 466 g/mol. The zero-order valence-electron chi connectivity index (χ0n) is 16.1. The Morgan fingerprint density at radius 3 is 2.65 bits per heavy atom. The summed E-state index contributed by atoms with van der Waals surface area (Å²) in [6.45, 7) is 2.43. The van der Waals surface area contributed by atoms with Crippen LogP contribution in [-0.4, -0.2) is 49.8 Å². The summed E-state index contributed by atoms with van der Waals surface area (Å²) in [4.78, 5) is 19.3. The molecule has 0 aliphatic carbocycles. The zero-order chi connectivity index (χ0) is 21.9. The Morgan fingerprint density at radius 2 is 1.87 bits per heavy atom. The number of hydrogen-bond acceptors (Lipinski definition) is 5. The number of hydrogen-bond donors (Lipinski definition) is 0. The van der Waals surface area contributed by atoms with E-state index < -0.39 is 23.6 Å². The first-order valence-electron chi connectivity index (χ1n) is 9.47. The van der Waals surface area contributed by atoms with Crippen molar-refractivity contribution in [3.63, 3.8) is 0 Å². The molecule has 5 rings (SSSR count). The van der Waals surface area contributed by atoms with Crippen molar-refractivity contribution in [2.75, 3.05) is 13.2 Å². The molecule has 2 aromatic heterocycles. The van der Waals surface area contributed by atoms with Crippen molar-refractivity contribution in [2.24, 2.45) is 0 Å². The first kappa shape index (κ1) is 20.3. The molecule has 1 aromatic carbocycles. The van der Waals surface area contributed by atoms with E-state index in [0.717, 1.165) is 6.07 Å². The van der Waals surface area contributed by atoms with Crippen molar-refractivity contribution in [1.82, 2.24) is 24.6 Å². The molecular weight excluding hydrogens is 451 g/mol. The van der Waals surface area contributed by atoms with E-state index >= 15 is 0 Å². The Labute approximate surface area is 185 Å². The van der Waals surface area contributed by atoms with Gasteiger partial charge in [-0.2, -0.15) is 0 Å². The largest absolute Gasteiger partial charge is 0.377 e. The molecule has 4 heterocycles. The Kier molecular flexibility index (Phi) is 4.91. The number of halogens is 4. The van der Waals surface area contributed by atoms with Crippen LogP contribution in [0, 0.1) is 18.6 Å². The summed E-state index contributed by atoms with van der Waals surface area (Å²) in [7, 11) is 0. The molecule has 0 spiro atoms. The molecule has 0 N–H and O–H groups in total. The molecule has 2 bridgehead atoms. The summed E-state index contributed by atoms with van der Waals surface area (Å²) in [5.41, 5.74) is 0.854. The molecule has 3 aromatic rings. The van der Waals surface area contributed by atoms with Gasteiger partial charge in [-0.15, -0.1) is 10.2 Å². The molecule has 2 atom stereocenters. The first-order valence-corrected chi connectivity index (χ1v) is 10.2. The van der Waals surface area contributed by atoms with Gasteiger partial charge in [0.15, 0.2) is 11.6 Å². The number of fused-ring (bicyclic) bond motifs is 4. The van der Waals surface area contributed by atoms with E-state index in [2.05, 4.69) is 15.2 Å². The number of carbonyl (C=O) groups excluding carboxylic acids is 1. The fourth-order valence-corrected chi connectivity index (χ4v) is 4.42. The van der Waals surface area contributed by atoms with Crippen LogP contribution in [0.15, 0.2) is 24.3 Å². The summed E-state index contributed by atoms with van der Waals surface area (Å²) in [6.07, 6.45) is 0. The van der Waals surface area contributed by atoms with E-state index in [9.17, 15) is 13.6 Å². The van der Waals surface area contributed by atoms with Crippen molar-refractivity contribution >= 4 is 29.1 Å². The van der Waals surface area contributed by atoms with Gasteiger partial charge in [-0.1, -0.05) is 23.2 Å². The van der Waals surface area contributed by atoms with E-state index in [1.807, 2.05) is 4.57 Å². The Morgan fingerprint density at radius 1 is 1.10 bits per heavy atom. The van der Waals surface area contributed by atoms with E-state index in [-0.39, 0.29) is 34.0 Å². The van der Waals surface area contributed by atoms with Gasteiger partial charge in [0.25, 0.3) is 5.91 Å². The van der Waals surface area contributed by atoms with Gasteiger partial charge in [0.1, 0.15) is 23.4 Å².